The lowest BCUT2D eigenvalue weighted by Gasteiger charge is -1.92. The fraction of sp³-hybridized carbons (Fsp3) is 0.333. The molecule has 0 aliphatic carbocycles. The number of halogens is 2. The lowest BCUT2D eigenvalue weighted by Crippen LogP contribution is -2.12. The minimum Gasteiger partial charge on any atom is -0.365 e. The van der Waals surface area contributed by atoms with Crippen molar-refractivity contribution in [1.82, 2.24) is 9.78 Å². The maximum Gasteiger partial charge on any atom is 0.402 e. The van der Waals surface area contributed by atoms with Crippen LogP contribution in [0.5, 0.6) is 0 Å². The van der Waals surface area contributed by atoms with Crippen LogP contribution in [-0.2, 0) is 6.54 Å². The minimum absolute atomic E-state index is 0.486. The molecule has 0 fully saturated rings. The summed E-state index contributed by atoms with van der Waals surface area (Å²) in [6.07, 6.45) is -1.89. The summed E-state index contributed by atoms with van der Waals surface area (Å²) in [4.78, 5) is 20.1. The van der Waals surface area contributed by atoms with E-state index in [1.807, 2.05) is 0 Å². The molecule has 0 bridgehead atoms. The molecule has 1 heterocycles. The predicted molar refractivity (Wildman–Crippen MR) is 43.4 cm³/mol. The van der Waals surface area contributed by atoms with Gasteiger partial charge in [-0.25, -0.2) is 8.78 Å². The Morgan fingerprint density at radius 2 is 2.33 bits per heavy atom. The van der Waals surface area contributed by atoms with E-state index in [-0.39, 0.29) is 0 Å². The molecule has 0 aliphatic rings. The van der Waals surface area contributed by atoms with Gasteiger partial charge in [-0.1, -0.05) is 0 Å². The normalized spacial score (nSPS) is 10.6. The van der Waals surface area contributed by atoms with E-state index in [0.717, 1.165) is 6.20 Å². The first-order valence-corrected chi connectivity index (χ1v) is 3.71. The number of carbonyl (C=O) groups is 1. The van der Waals surface area contributed by atoms with Gasteiger partial charge in [0.2, 0.25) is 0 Å². The van der Waals surface area contributed by atoms with Crippen molar-refractivity contribution in [3.63, 3.8) is 0 Å². The SMILES string of the molecule is NC(=O)c1cn(CC(F)F)nc1[N+](=O)[O-]. The van der Waals surface area contributed by atoms with Gasteiger partial charge >= 0.3 is 5.82 Å². The second kappa shape index (κ2) is 3.98. The molecule has 7 nitrogen and oxygen atoms in total. The van der Waals surface area contributed by atoms with Gasteiger partial charge in [0.05, 0.1) is 11.3 Å². The quantitative estimate of drug-likeness (QED) is 0.576. The molecule has 1 aromatic rings. The number of rotatable bonds is 4. The lowest BCUT2D eigenvalue weighted by molar-refractivity contribution is -0.390. The van der Waals surface area contributed by atoms with Gasteiger partial charge in [-0.3, -0.25) is 4.79 Å². The molecule has 0 radical (unpaired) electrons. The summed E-state index contributed by atoms with van der Waals surface area (Å²) in [5.41, 5.74) is 4.33. The zero-order chi connectivity index (χ0) is 11.6. The number of nitrogens with two attached hydrogens (primary N) is 1. The molecule has 0 aromatic carbocycles. The zero-order valence-electron chi connectivity index (χ0n) is 7.26. The van der Waals surface area contributed by atoms with Crippen molar-refractivity contribution in [2.24, 2.45) is 5.73 Å². The van der Waals surface area contributed by atoms with Gasteiger partial charge in [0.15, 0.2) is 5.56 Å². The van der Waals surface area contributed by atoms with E-state index in [1.165, 1.54) is 0 Å². The Hall–Kier alpha value is -2.06. The Kier molecular flexibility index (Phi) is 2.93. The van der Waals surface area contributed by atoms with Crippen LogP contribution in [0.25, 0.3) is 0 Å². The van der Waals surface area contributed by atoms with Crippen LogP contribution in [0.3, 0.4) is 0 Å². The third kappa shape index (κ3) is 2.45. The summed E-state index contributed by atoms with van der Waals surface area (Å²) in [7, 11) is 0. The molecule has 1 rings (SSSR count). The Labute approximate surface area is 81.6 Å². The number of hydrogen-bond donors (Lipinski definition) is 1. The van der Waals surface area contributed by atoms with Gasteiger partial charge in [0.25, 0.3) is 12.3 Å². The number of amides is 1. The summed E-state index contributed by atoms with van der Waals surface area (Å²) < 4.78 is 24.4. The van der Waals surface area contributed by atoms with E-state index >= 15 is 0 Å². The zero-order valence-corrected chi connectivity index (χ0v) is 7.26. The molecule has 0 spiro atoms. The highest BCUT2D eigenvalue weighted by Gasteiger charge is 2.25. The molecule has 9 heteroatoms. The first-order valence-electron chi connectivity index (χ1n) is 3.71. The fourth-order valence-electron chi connectivity index (χ4n) is 0.955. The summed E-state index contributed by atoms with van der Waals surface area (Å²) in [5, 5.41) is 13.6. The van der Waals surface area contributed by atoms with Crippen molar-refractivity contribution >= 4 is 11.7 Å². The van der Waals surface area contributed by atoms with Crippen molar-refractivity contribution in [1.29, 1.82) is 0 Å². The molecule has 15 heavy (non-hydrogen) atoms. The van der Waals surface area contributed by atoms with Gasteiger partial charge in [-0.15, -0.1) is 0 Å². The Morgan fingerprint density at radius 3 is 2.67 bits per heavy atom. The first kappa shape index (κ1) is 11.0. The van der Waals surface area contributed by atoms with Crippen molar-refractivity contribution in [3.8, 4) is 0 Å². The molecular weight excluding hydrogens is 214 g/mol. The van der Waals surface area contributed by atoms with Gasteiger partial charge in [-0.2, -0.15) is 4.68 Å². The summed E-state index contributed by atoms with van der Waals surface area (Å²) in [5.74, 6) is -1.90. The third-order valence-electron chi connectivity index (χ3n) is 1.51. The monoisotopic (exact) mass is 220 g/mol. The van der Waals surface area contributed by atoms with E-state index in [2.05, 4.69) is 5.10 Å². The maximum atomic E-state index is 11.9. The van der Waals surface area contributed by atoms with Gasteiger partial charge in [-0.05, 0) is 4.92 Å². The van der Waals surface area contributed by atoms with Gasteiger partial charge in [0, 0.05) is 0 Å². The van der Waals surface area contributed by atoms with Crippen LogP contribution in [0.15, 0.2) is 6.20 Å². The molecule has 0 saturated heterocycles. The number of nitro groups is 1. The van der Waals surface area contributed by atoms with Crippen molar-refractivity contribution < 1.29 is 18.5 Å². The van der Waals surface area contributed by atoms with E-state index in [9.17, 15) is 23.7 Å². The van der Waals surface area contributed by atoms with E-state index in [4.69, 9.17) is 5.73 Å². The highest BCUT2D eigenvalue weighted by atomic mass is 19.3. The molecule has 82 valence electrons. The number of alkyl halides is 2. The van der Waals surface area contributed by atoms with Crippen molar-refractivity contribution in [2.75, 3.05) is 0 Å². The third-order valence-corrected chi connectivity index (χ3v) is 1.51. The topological polar surface area (TPSA) is 104 Å². The highest BCUT2D eigenvalue weighted by molar-refractivity contribution is 5.95. The highest BCUT2D eigenvalue weighted by Crippen LogP contribution is 2.15. The van der Waals surface area contributed by atoms with Gasteiger partial charge in [0.1, 0.15) is 6.54 Å². The fourth-order valence-corrected chi connectivity index (χ4v) is 0.955. The molecule has 1 amide bonds. The number of nitrogens with zero attached hydrogens (tertiary/aromatic N) is 3. The van der Waals surface area contributed by atoms with E-state index in [0.29, 0.717) is 4.68 Å². The van der Waals surface area contributed by atoms with Crippen LogP contribution < -0.4 is 5.73 Å². The van der Waals surface area contributed by atoms with E-state index < -0.39 is 35.2 Å². The largest absolute Gasteiger partial charge is 0.402 e. The van der Waals surface area contributed by atoms with Crippen molar-refractivity contribution in [2.45, 2.75) is 13.0 Å². The minimum atomic E-state index is -2.72. The average Bonchev–Trinajstić information content (AvgIpc) is 2.46. The Balaban J connectivity index is 3.09. The van der Waals surface area contributed by atoms with Crippen molar-refractivity contribution in [3.05, 3.63) is 21.9 Å². The molecule has 1 aromatic heterocycles. The second-order valence-electron chi connectivity index (χ2n) is 2.60. The summed E-state index contributed by atoms with van der Waals surface area (Å²) in [6, 6.07) is 0. The Bertz CT molecular complexity index is 372. The number of primary amides is 1. The number of aromatic nitrogens is 2. The standard InChI is InChI=1S/C6H6F2N4O3/c7-4(8)2-11-1-3(5(9)13)6(10-11)12(14)15/h1,4H,2H2,(H2,9,13). The average molecular weight is 220 g/mol. The Morgan fingerprint density at radius 1 is 1.73 bits per heavy atom. The molecule has 0 unspecified atom stereocenters. The molecule has 0 aliphatic heterocycles. The van der Waals surface area contributed by atoms with Gasteiger partial charge < -0.3 is 15.8 Å². The van der Waals surface area contributed by atoms with Crippen LogP contribution in [0.4, 0.5) is 14.6 Å². The van der Waals surface area contributed by atoms with E-state index in [1.54, 1.807) is 0 Å². The summed E-state index contributed by atoms with van der Waals surface area (Å²) >= 11 is 0. The van der Waals surface area contributed by atoms with Crippen LogP contribution in [0.2, 0.25) is 0 Å². The molecule has 0 saturated carbocycles. The number of carbonyl (C=O) groups excluding carboxylic acids is 1. The lowest BCUT2D eigenvalue weighted by atomic mass is 10.3. The smallest absolute Gasteiger partial charge is 0.365 e. The van der Waals surface area contributed by atoms with Crippen LogP contribution in [0, 0.1) is 10.1 Å². The number of hydrogen-bond acceptors (Lipinski definition) is 4. The maximum absolute atomic E-state index is 11.9. The van der Waals surface area contributed by atoms with Crippen LogP contribution in [-0.4, -0.2) is 27.0 Å². The summed E-state index contributed by atoms with van der Waals surface area (Å²) in [6.45, 7) is -0.825. The molecule has 0 atom stereocenters. The predicted octanol–water partition coefficient (Wildman–Crippen LogP) is 0.155. The van der Waals surface area contributed by atoms with Crippen LogP contribution in [0.1, 0.15) is 10.4 Å². The van der Waals surface area contributed by atoms with Crippen LogP contribution >= 0.6 is 0 Å². The molecular formula is C6H6F2N4O3. The second-order valence-corrected chi connectivity index (χ2v) is 2.60. The molecule has 2 N–H and O–H groups in total. The first-order chi connectivity index (χ1) is 6.91.